The lowest BCUT2D eigenvalue weighted by Crippen LogP contribution is -2.40. The second-order valence-corrected chi connectivity index (χ2v) is 14.7. The summed E-state index contributed by atoms with van der Waals surface area (Å²) in [6.07, 6.45) is 12.7. The number of fused-ring (bicyclic) bond motifs is 2. The van der Waals surface area contributed by atoms with Gasteiger partial charge in [-0.2, -0.15) is 8.42 Å². The highest BCUT2D eigenvalue weighted by Gasteiger charge is 2.42. The maximum atomic E-state index is 11.7. The van der Waals surface area contributed by atoms with Gasteiger partial charge < -0.3 is 15.1 Å². The zero-order valence-corrected chi connectivity index (χ0v) is 28.6. The first kappa shape index (κ1) is 33.3. The van der Waals surface area contributed by atoms with Crippen LogP contribution in [0.4, 0.5) is 11.4 Å². The van der Waals surface area contributed by atoms with Crippen molar-refractivity contribution in [2.24, 2.45) is 0 Å². The van der Waals surface area contributed by atoms with Gasteiger partial charge in [0.25, 0.3) is 10.1 Å². The number of nitrogens with zero attached hydrogens (tertiary/aromatic N) is 2. The molecule has 4 rings (SSSR count). The van der Waals surface area contributed by atoms with E-state index in [0.29, 0.717) is 30.4 Å². The van der Waals surface area contributed by atoms with E-state index >= 15 is 0 Å². The molecule has 1 amide bonds. The van der Waals surface area contributed by atoms with Gasteiger partial charge in [0, 0.05) is 47.5 Å². The van der Waals surface area contributed by atoms with Gasteiger partial charge in [0.05, 0.1) is 16.2 Å². The number of hydrogen-bond acceptors (Lipinski definition) is 5. The third kappa shape index (κ3) is 7.72. The van der Waals surface area contributed by atoms with E-state index in [1.807, 2.05) is 6.07 Å². The molecule has 232 valence electrons. The van der Waals surface area contributed by atoms with Crippen LogP contribution in [0.1, 0.15) is 58.1 Å². The van der Waals surface area contributed by atoms with Crippen molar-refractivity contribution < 1.29 is 17.8 Å². The fourth-order valence-electron chi connectivity index (χ4n) is 6.41. The van der Waals surface area contributed by atoms with Crippen molar-refractivity contribution in [2.75, 3.05) is 39.6 Å². The summed E-state index contributed by atoms with van der Waals surface area (Å²) in [4.78, 5) is 16.4. The summed E-state index contributed by atoms with van der Waals surface area (Å²) in [6.45, 7) is 11.2. The van der Waals surface area contributed by atoms with Crippen LogP contribution < -0.4 is 15.1 Å². The van der Waals surface area contributed by atoms with Crippen molar-refractivity contribution in [3.63, 3.8) is 0 Å². The first-order valence-corrected chi connectivity index (χ1v) is 18.1. The minimum absolute atomic E-state index is 0.0680. The van der Waals surface area contributed by atoms with Gasteiger partial charge in [0.15, 0.2) is 0 Å². The molecule has 2 N–H and O–H groups in total. The Morgan fingerprint density at radius 2 is 1.60 bits per heavy atom. The molecular weight excluding hydrogens is 673 g/mol. The lowest BCUT2D eigenvalue weighted by Gasteiger charge is -2.32. The zero-order chi connectivity index (χ0) is 31.3. The molecule has 0 saturated carbocycles. The third-order valence-electron chi connectivity index (χ3n) is 8.61. The van der Waals surface area contributed by atoms with E-state index in [1.165, 1.54) is 28.2 Å². The molecule has 0 fully saturated rings. The highest BCUT2D eigenvalue weighted by atomic mass is 127. The monoisotopic (exact) mass is 717 g/mol. The smallest absolute Gasteiger partial charge is 0.264 e. The van der Waals surface area contributed by atoms with Gasteiger partial charge in [0.2, 0.25) is 5.91 Å². The summed E-state index contributed by atoms with van der Waals surface area (Å²) < 4.78 is 32.1. The SMILES string of the molecule is CC1(C)/C(=C/C=C/C=C/C2N(CCCCS(=O)(=O)O)c3ccccc3C2(C)C)N(CCCNC(=O)CI)c2ccccc21. The Hall–Kier alpha value is -2.63. The Kier molecular flexibility index (Phi) is 10.8. The minimum Gasteiger partial charge on any atom is -0.364 e. The van der Waals surface area contributed by atoms with E-state index < -0.39 is 10.1 Å². The summed E-state index contributed by atoms with van der Waals surface area (Å²) >= 11 is 2.08. The van der Waals surface area contributed by atoms with Crippen molar-refractivity contribution >= 4 is 50.0 Å². The highest BCUT2D eigenvalue weighted by Crippen LogP contribution is 2.48. The summed E-state index contributed by atoms with van der Waals surface area (Å²) in [5, 5.41) is 2.98. The number of unbranched alkanes of at least 4 members (excludes halogenated alkanes) is 1. The van der Waals surface area contributed by atoms with Crippen LogP contribution in [0.2, 0.25) is 0 Å². The van der Waals surface area contributed by atoms with Crippen molar-refractivity contribution in [3.8, 4) is 0 Å². The van der Waals surface area contributed by atoms with Crippen molar-refractivity contribution in [1.29, 1.82) is 0 Å². The topological polar surface area (TPSA) is 89.9 Å². The third-order valence-corrected chi connectivity index (χ3v) is 10.1. The van der Waals surface area contributed by atoms with Crippen LogP contribution in [0.25, 0.3) is 0 Å². The number of carbonyl (C=O) groups excluding carboxylic acids is 1. The molecule has 2 aromatic rings. The lowest BCUT2D eigenvalue weighted by atomic mass is 9.80. The second-order valence-electron chi connectivity index (χ2n) is 12.3. The van der Waals surface area contributed by atoms with Crippen LogP contribution >= 0.6 is 22.6 Å². The minimum atomic E-state index is -3.95. The van der Waals surface area contributed by atoms with Gasteiger partial charge in [0.1, 0.15) is 0 Å². The molecule has 0 saturated heterocycles. The molecular formula is C34H44IN3O4S. The number of halogens is 1. The van der Waals surface area contributed by atoms with Gasteiger partial charge in [-0.15, -0.1) is 0 Å². The molecule has 0 aliphatic carbocycles. The lowest BCUT2D eigenvalue weighted by molar-refractivity contribution is -0.118. The second kappa shape index (κ2) is 14.0. The highest BCUT2D eigenvalue weighted by molar-refractivity contribution is 14.1. The molecule has 1 unspecified atom stereocenters. The number of benzene rings is 2. The first-order chi connectivity index (χ1) is 20.4. The number of alkyl halides is 1. The number of anilines is 2. The number of rotatable bonds is 13. The van der Waals surface area contributed by atoms with Crippen molar-refractivity contribution in [3.05, 3.63) is 95.7 Å². The van der Waals surface area contributed by atoms with E-state index in [4.69, 9.17) is 4.55 Å². The fourth-order valence-corrected chi connectivity index (χ4v) is 7.25. The van der Waals surface area contributed by atoms with Gasteiger partial charge in [-0.1, -0.05) is 111 Å². The molecule has 0 bridgehead atoms. The van der Waals surface area contributed by atoms with Crippen LogP contribution in [-0.2, 0) is 25.7 Å². The molecule has 0 spiro atoms. The Bertz CT molecular complexity index is 1500. The maximum Gasteiger partial charge on any atom is 0.264 e. The van der Waals surface area contributed by atoms with Crippen molar-refractivity contribution in [1.82, 2.24) is 5.32 Å². The standard InChI is InChI=1S/C34H44IN3O4S/c1-33(2)26-15-8-10-17-28(26)37(22-12-13-24-43(40,41)42)30(33)19-6-5-7-20-31-34(3,4)27-16-9-11-18-29(27)38(31)23-14-21-36-32(39)25-35/h5-11,15-20,30H,12-14,21-25H2,1-4H3,(H,36,39)(H,40,41,42)/b7-5+,19-6+,31-20-. The Labute approximate surface area is 271 Å². The van der Waals surface area contributed by atoms with Gasteiger partial charge in [-0.3, -0.25) is 9.35 Å². The van der Waals surface area contributed by atoms with E-state index in [0.717, 1.165) is 13.0 Å². The summed E-state index contributed by atoms with van der Waals surface area (Å²) in [6, 6.07) is 17.1. The average Bonchev–Trinajstić information content (AvgIpc) is 3.31. The molecule has 9 heteroatoms. The van der Waals surface area contributed by atoms with Gasteiger partial charge >= 0.3 is 0 Å². The van der Waals surface area contributed by atoms with E-state index in [9.17, 15) is 13.2 Å². The van der Waals surface area contributed by atoms with Crippen LogP contribution in [0.5, 0.6) is 0 Å². The number of amides is 1. The fraction of sp³-hybridized carbons (Fsp3) is 0.441. The average molecular weight is 718 g/mol. The molecule has 2 aliphatic heterocycles. The Balaban J connectivity index is 1.51. The molecule has 2 aliphatic rings. The van der Waals surface area contributed by atoms with Gasteiger partial charge in [-0.25, -0.2) is 0 Å². The number of nitrogens with one attached hydrogen (secondary N) is 1. The van der Waals surface area contributed by atoms with Gasteiger partial charge in [-0.05, 0) is 48.6 Å². The molecule has 0 radical (unpaired) electrons. The molecule has 43 heavy (non-hydrogen) atoms. The largest absolute Gasteiger partial charge is 0.364 e. The van der Waals surface area contributed by atoms with Crippen LogP contribution in [-0.4, -0.2) is 54.7 Å². The number of hydrogen-bond donors (Lipinski definition) is 2. The van der Waals surface area contributed by atoms with Crippen molar-refractivity contribution in [2.45, 2.75) is 63.8 Å². The van der Waals surface area contributed by atoms with Crippen LogP contribution in [0.15, 0.2) is 84.6 Å². The number of carbonyl (C=O) groups is 1. The molecule has 2 aromatic carbocycles. The number of para-hydroxylation sites is 2. The van der Waals surface area contributed by atoms with Crippen LogP contribution in [0, 0.1) is 0 Å². The maximum absolute atomic E-state index is 11.7. The predicted molar refractivity (Wildman–Crippen MR) is 186 cm³/mol. The van der Waals surface area contributed by atoms with E-state index in [-0.39, 0.29) is 28.5 Å². The summed E-state index contributed by atoms with van der Waals surface area (Å²) in [5.74, 6) is -0.146. The zero-order valence-electron chi connectivity index (χ0n) is 25.6. The summed E-state index contributed by atoms with van der Waals surface area (Å²) in [7, 11) is -3.95. The normalized spacial score (nSPS) is 19.9. The molecule has 7 nitrogen and oxygen atoms in total. The van der Waals surface area contributed by atoms with E-state index in [2.05, 4.69) is 138 Å². The quantitative estimate of drug-likeness (QED) is 0.0803. The van der Waals surface area contributed by atoms with E-state index in [1.54, 1.807) is 0 Å². The first-order valence-electron chi connectivity index (χ1n) is 14.9. The predicted octanol–water partition coefficient (Wildman–Crippen LogP) is 6.56. The molecule has 2 heterocycles. The summed E-state index contributed by atoms with van der Waals surface area (Å²) in [5.41, 5.74) is 5.94. The molecule has 0 aromatic heterocycles. The van der Waals surface area contributed by atoms with Crippen LogP contribution in [0.3, 0.4) is 0 Å². The number of allylic oxidation sites excluding steroid dienone is 5. The Morgan fingerprint density at radius 3 is 2.30 bits per heavy atom. The Morgan fingerprint density at radius 1 is 0.930 bits per heavy atom. The molecule has 1 atom stereocenters.